The summed E-state index contributed by atoms with van der Waals surface area (Å²) in [6.45, 7) is 10.8. The van der Waals surface area contributed by atoms with Crippen LogP contribution in [0.5, 0.6) is 0 Å². The molecule has 2 aromatic rings. The van der Waals surface area contributed by atoms with Gasteiger partial charge in [0.15, 0.2) is 11.8 Å². The van der Waals surface area contributed by atoms with Crippen LogP contribution < -0.4 is 10.6 Å². The maximum absolute atomic E-state index is 10.8. The van der Waals surface area contributed by atoms with Crippen molar-refractivity contribution >= 4 is 5.96 Å². The second kappa shape index (κ2) is 7.69. The van der Waals surface area contributed by atoms with E-state index in [1.807, 2.05) is 45.4 Å². The Morgan fingerprint density at radius 3 is 2.56 bits per heavy atom. The molecule has 1 unspecified atom stereocenters. The highest BCUT2D eigenvalue weighted by Crippen LogP contribution is 2.26. The molecule has 2 rings (SSSR count). The smallest absolute Gasteiger partial charge is 0.191 e. The van der Waals surface area contributed by atoms with Crippen molar-refractivity contribution in [3.05, 3.63) is 34.8 Å². The number of guanidine groups is 1. The van der Waals surface area contributed by atoms with E-state index in [1.54, 1.807) is 6.92 Å². The average Bonchev–Trinajstić information content (AvgIpc) is 3.05. The fraction of sp³-hybridized carbons (Fsp3) is 0.588. The quantitative estimate of drug-likeness (QED) is 0.537. The molecule has 1 atom stereocenters. The Morgan fingerprint density at radius 1 is 1.32 bits per heavy atom. The zero-order valence-corrected chi connectivity index (χ0v) is 15.8. The predicted molar refractivity (Wildman–Crippen MR) is 96.3 cm³/mol. The molecule has 2 aromatic heterocycles. The zero-order chi connectivity index (χ0) is 18.6. The zero-order valence-electron chi connectivity index (χ0n) is 15.8. The van der Waals surface area contributed by atoms with Crippen LogP contribution in [0.25, 0.3) is 0 Å². The first-order valence-electron chi connectivity index (χ1n) is 8.41. The number of hydrogen-bond acceptors (Lipinski definition) is 5. The predicted octanol–water partition coefficient (Wildman–Crippen LogP) is 1.30. The Kier molecular flexibility index (Phi) is 5.84. The number of aromatic nitrogens is 3. The molecule has 0 aliphatic rings. The molecule has 0 fully saturated rings. The van der Waals surface area contributed by atoms with E-state index in [2.05, 4.69) is 25.8 Å². The molecule has 3 N–H and O–H groups in total. The van der Waals surface area contributed by atoms with Gasteiger partial charge in [-0.05, 0) is 40.7 Å². The van der Waals surface area contributed by atoms with Gasteiger partial charge in [0, 0.05) is 19.2 Å². The lowest BCUT2D eigenvalue weighted by molar-refractivity contribution is 0.0601. The fourth-order valence-corrected chi connectivity index (χ4v) is 2.60. The summed E-state index contributed by atoms with van der Waals surface area (Å²) >= 11 is 0. The Morgan fingerprint density at radius 2 is 2.04 bits per heavy atom. The number of hydrogen-bond donors (Lipinski definition) is 3. The van der Waals surface area contributed by atoms with Crippen molar-refractivity contribution in [2.45, 2.75) is 46.8 Å². The summed E-state index contributed by atoms with van der Waals surface area (Å²) in [5.41, 5.74) is -0.295. The van der Waals surface area contributed by atoms with Crippen LogP contribution in [0.1, 0.15) is 42.6 Å². The molecule has 0 saturated heterocycles. The highest BCUT2D eigenvalue weighted by atomic mass is 16.3. The average molecular weight is 348 g/mol. The van der Waals surface area contributed by atoms with Gasteiger partial charge < -0.3 is 24.7 Å². The first-order chi connectivity index (χ1) is 11.7. The van der Waals surface area contributed by atoms with Crippen LogP contribution >= 0.6 is 0 Å². The van der Waals surface area contributed by atoms with E-state index in [0.29, 0.717) is 19.0 Å². The van der Waals surface area contributed by atoms with Gasteiger partial charge in [0.05, 0.1) is 6.54 Å². The van der Waals surface area contributed by atoms with Gasteiger partial charge in [-0.1, -0.05) is 0 Å². The Bertz CT molecular complexity index is 744. The lowest BCUT2D eigenvalue weighted by Crippen LogP contribution is -2.44. The van der Waals surface area contributed by atoms with Crippen molar-refractivity contribution in [1.29, 1.82) is 0 Å². The molecule has 8 nitrogen and oxygen atoms in total. The van der Waals surface area contributed by atoms with Crippen molar-refractivity contribution in [2.24, 2.45) is 12.0 Å². The second-order valence-corrected chi connectivity index (χ2v) is 6.37. The van der Waals surface area contributed by atoms with Crippen LogP contribution in [0.15, 0.2) is 15.5 Å². The van der Waals surface area contributed by atoms with E-state index in [-0.39, 0.29) is 0 Å². The maximum atomic E-state index is 10.8. The summed E-state index contributed by atoms with van der Waals surface area (Å²) in [6, 6.07) is 1.86. The molecular weight excluding hydrogens is 320 g/mol. The SMILES string of the molecule is CCNC(=NCc1nnc(C)n1C)NCC(C)(O)c1cc(C)oc1C. The number of nitrogens with zero attached hydrogens (tertiary/aromatic N) is 4. The van der Waals surface area contributed by atoms with E-state index in [4.69, 9.17) is 4.42 Å². The third-order valence-electron chi connectivity index (χ3n) is 4.13. The number of furan rings is 1. The van der Waals surface area contributed by atoms with E-state index in [9.17, 15) is 5.11 Å². The topological polar surface area (TPSA) is 100 Å². The van der Waals surface area contributed by atoms with Crippen molar-refractivity contribution in [2.75, 3.05) is 13.1 Å². The summed E-state index contributed by atoms with van der Waals surface area (Å²) in [6.07, 6.45) is 0. The number of aryl methyl sites for hydroxylation is 3. The minimum atomic E-state index is -1.07. The molecular formula is C17H28N6O2. The van der Waals surface area contributed by atoms with Crippen LogP contribution in [-0.2, 0) is 19.2 Å². The lowest BCUT2D eigenvalue weighted by Gasteiger charge is -2.24. The van der Waals surface area contributed by atoms with Crippen molar-refractivity contribution < 1.29 is 9.52 Å². The number of rotatable bonds is 6. The normalized spacial score (nSPS) is 14.4. The van der Waals surface area contributed by atoms with Gasteiger partial charge in [0.25, 0.3) is 0 Å². The molecule has 0 bridgehead atoms. The Hall–Kier alpha value is -2.35. The summed E-state index contributed by atoms with van der Waals surface area (Å²) in [5.74, 6) is 3.74. The van der Waals surface area contributed by atoms with Gasteiger partial charge in [0.1, 0.15) is 29.5 Å². The number of aliphatic imine (C=N–C) groups is 1. The molecule has 0 aliphatic carbocycles. The van der Waals surface area contributed by atoms with Gasteiger partial charge >= 0.3 is 0 Å². The molecule has 0 aliphatic heterocycles. The fourth-order valence-electron chi connectivity index (χ4n) is 2.60. The lowest BCUT2D eigenvalue weighted by atomic mass is 9.96. The minimum absolute atomic E-state index is 0.302. The first-order valence-corrected chi connectivity index (χ1v) is 8.41. The molecule has 2 heterocycles. The first kappa shape index (κ1) is 19.0. The summed E-state index contributed by atoms with van der Waals surface area (Å²) < 4.78 is 7.43. The van der Waals surface area contributed by atoms with Gasteiger partial charge in [-0.15, -0.1) is 10.2 Å². The van der Waals surface area contributed by atoms with E-state index in [0.717, 1.165) is 35.3 Å². The molecule has 0 amide bonds. The Balaban J connectivity index is 2.06. The monoisotopic (exact) mass is 348 g/mol. The second-order valence-electron chi connectivity index (χ2n) is 6.37. The van der Waals surface area contributed by atoms with Gasteiger partial charge in [0.2, 0.25) is 0 Å². The molecule has 0 aromatic carbocycles. The highest BCUT2D eigenvalue weighted by Gasteiger charge is 2.27. The van der Waals surface area contributed by atoms with E-state index < -0.39 is 5.60 Å². The molecule has 138 valence electrons. The van der Waals surface area contributed by atoms with Crippen LogP contribution in [0.3, 0.4) is 0 Å². The van der Waals surface area contributed by atoms with Crippen LogP contribution in [0.2, 0.25) is 0 Å². The third kappa shape index (κ3) is 4.60. The largest absolute Gasteiger partial charge is 0.466 e. The highest BCUT2D eigenvalue weighted by molar-refractivity contribution is 5.79. The van der Waals surface area contributed by atoms with Crippen LogP contribution in [0.4, 0.5) is 0 Å². The van der Waals surface area contributed by atoms with Gasteiger partial charge in [-0.3, -0.25) is 0 Å². The minimum Gasteiger partial charge on any atom is -0.466 e. The van der Waals surface area contributed by atoms with Crippen molar-refractivity contribution in [3.8, 4) is 0 Å². The maximum Gasteiger partial charge on any atom is 0.191 e. The molecule has 0 saturated carbocycles. The van der Waals surface area contributed by atoms with E-state index >= 15 is 0 Å². The standard InChI is InChI=1S/C17H28N6O2/c1-7-18-16(19-9-15-22-21-13(4)23(15)6)20-10-17(5,24)14-8-11(2)25-12(14)3/h8,24H,7,9-10H2,1-6H3,(H2,18,19,20). The van der Waals surface area contributed by atoms with Crippen molar-refractivity contribution in [1.82, 2.24) is 25.4 Å². The summed E-state index contributed by atoms with van der Waals surface area (Å²) in [7, 11) is 1.91. The number of aliphatic hydroxyl groups is 1. The van der Waals surface area contributed by atoms with Crippen LogP contribution in [0, 0.1) is 20.8 Å². The number of nitrogens with one attached hydrogen (secondary N) is 2. The molecule has 25 heavy (non-hydrogen) atoms. The molecule has 0 radical (unpaired) electrons. The Labute approximate surface area is 148 Å². The van der Waals surface area contributed by atoms with E-state index in [1.165, 1.54) is 0 Å². The van der Waals surface area contributed by atoms with Gasteiger partial charge in [-0.2, -0.15) is 0 Å². The van der Waals surface area contributed by atoms with Crippen LogP contribution in [-0.4, -0.2) is 38.9 Å². The summed E-state index contributed by atoms with van der Waals surface area (Å²) in [5, 5.41) is 25.3. The molecule has 8 heteroatoms. The van der Waals surface area contributed by atoms with Crippen molar-refractivity contribution in [3.63, 3.8) is 0 Å². The molecule has 0 spiro atoms. The third-order valence-corrected chi connectivity index (χ3v) is 4.13. The summed E-state index contributed by atoms with van der Waals surface area (Å²) in [4.78, 5) is 4.52. The van der Waals surface area contributed by atoms with Gasteiger partial charge in [-0.25, -0.2) is 4.99 Å².